The molecule has 0 radical (unpaired) electrons. The van der Waals surface area contributed by atoms with Gasteiger partial charge in [-0.15, -0.1) is 0 Å². The Morgan fingerprint density at radius 3 is 1.48 bits per heavy atom. The van der Waals surface area contributed by atoms with E-state index >= 15 is 0 Å². The summed E-state index contributed by atoms with van der Waals surface area (Å²) >= 11 is 0. The number of rotatable bonds is 1. The molecule has 1 heterocycles. The topological polar surface area (TPSA) is 135 Å². The van der Waals surface area contributed by atoms with E-state index < -0.39 is 19.5 Å². The third-order valence-electron chi connectivity index (χ3n) is 4.16. The summed E-state index contributed by atoms with van der Waals surface area (Å²) in [7, 11) is -4.83. The fourth-order valence-corrected chi connectivity index (χ4v) is 2.90. The summed E-state index contributed by atoms with van der Waals surface area (Å²) in [6.07, 6.45) is 6.08. The van der Waals surface area contributed by atoms with Crippen LogP contribution in [0.4, 0.5) is 0 Å². The lowest BCUT2D eigenvalue weighted by Gasteiger charge is -2.26. The van der Waals surface area contributed by atoms with Crippen LogP contribution in [0, 0.1) is 22.7 Å². The van der Waals surface area contributed by atoms with E-state index in [-0.39, 0.29) is 11.9 Å². The van der Waals surface area contributed by atoms with Gasteiger partial charge < -0.3 is 10.0 Å². The molecule has 1 saturated carbocycles. The number of carbonyl (C=O) groups excluding carboxylic acids is 1. The van der Waals surface area contributed by atoms with E-state index in [4.69, 9.17) is 9.90 Å². The van der Waals surface area contributed by atoms with Crippen molar-refractivity contribution in [2.75, 3.05) is 31.9 Å². The Morgan fingerprint density at radius 2 is 1.30 bits per heavy atom. The van der Waals surface area contributed by atoms with E-state index in [2.05, 4.69) is 64.4 Å². The predicted molar refractivity (Wildman–Crippen MR) is 144 cm³/mol. The molecule has 8 nitrogen and oxygen atoms in total. The number of sulfonamides is 1. The number of piperidine rings is 1. The first kappa shape index (κ1) is 39.1. The quantitative estimate of drug-likeness (QED) is 0.404. The molecule has 2 fully saturated rings. The zero-order valence-corrected chi connectivity index (χ0v) is 24.7. The Labute approximate surface area is 204 Å². The second-order valence-corrected chi connectivity index (χ2v) is 14.7. The fraction of sp³-hybridized carbons (Fsp3) is 0.870. The van der Waals surface area contributed by atoms with E-state index in [1.807, 2.05) is 13.8 Å². The van der Waals surface area contributed by atoms with E-state index in [1.54, 1.807) is 12.5 Å². The van der Waals surface area contributed by atoms with Crippen molar-refractivity contribution >= 4 is 37.8 Å². The van der Waals surface area contributed by atoms with Crippen LogP contribution in [0.15, 0.2) is 0 Å². The van der Waals surface area contributed by atoms with Crippen molar-refractivity contribution in [1.82, 2.24) is 4.90 Å². The Morgan fingerprint density at radius 1 is 1.09 bits per heavy atom. The van der Waals surface area contributed by atoms with Gasteiger partial charge >= 0.3 is 0 Å². The molecule has 1 amide bonds. The van der Waals surface area contributed by atoms with E-state index in [1.165, 1.54) is 6.42 Å². The largest absolute Gasteiger partial charge is 0.483 e. The second-order valence-electron chi connectivity index (χ2n) is 10.1. The van der Waals surface area contributed by atoms with Gasteiger partial charge in [0.15, 0.2) is 0 Å². The maximum atomic E-state index is 12.0. The minimum Gasteiger partial charge on any atom is -0.483 e. The van der Waals surface area contributed by atoms with Crippen molar-refractivity contribution in [3.8, 4) is 0 Å². The maximum Gasteiger partial charge on any atom is 0.290 e. The number of amides is 1. The SMILES string of the molecule is C=S(C)(C)=O.CC.CC(C)(C)CC(=O)N1CC2C(C1)C2(C)C.CCC.CS(N)(=O)=O.O=CO. The van der Waals surface area contributed by atoms with Crippen LogP contribution in [0.3, 0.4) is 0 Å². The summed E-state index contributed by atoms with van der Waals surface area (Å²) in [6.45, 7) is 21.1. The monoisotopic (exact) mass is 516 g/mol. The van der Waals surface area contributed by atoms with Gasteiger partial charge in [0.25, 0.3) is 6.47 Å². The van der Waals surface area contributed by atoms with Crippen molar-refractivity contribution in [2.24, 2.45) is 27.8 Å². The van der Waals surface area contributed by atoms with Crippen molar-refractivity contribution in [3.05, 3.63) is 0 Å². The summed E-state index contributed by atoms with van der Waals surface area (Å²) < 4.78 is 28.9. The molecule has 0 aromatic rings. The van der Waals surface area contributed by atoms with Gasteiger partial charge in [-0.25, -0.2) is 13.6 Å². The van der Waals surface area contributed by atoms with E-state index in [0.717, 1.165) is 31.2 Å². The van der Waals surface area contributed by atoms with Crippen molar-refractivity contribution < 1.29 is 27.3 Å². The first-order valence-electron chi connectivity index (χ1n) is 11.2. The number of likely N-dealkylation sites (tertiary alicyclic amines) is 1. The molecule has 0 aromatic heterocycles. The van der Waals surface area contributed by atoms with Crippen LogP contribution >= 0.6 is 0 Å². The number of carbonyl (C=O) groups is 2. The molecule has 2 rings (SSSR count). The molecule has 1 saturated heterocycles. The van der Waals surface area contributed by atoms with Gasteiger partial charge in [0.05, 0.1) is 6.26 Å². The highest BCUT2D eigenvalue weighted by Crippen LogP contribution is 2.62. The lowest BCUT2D eigenvalue weighted by molar-refractivity contribution is -0.132. The van der Waals surface area contributed by atoms with Gasteiger partial charge in [0, 0.05) is 32.0 Å². The Kier molecular flexibility index (Phi) is 20.5. The van der Waals surface area contributed by atoms with E-state index in [9.17, 15) is 17.4 Å². The van der Waals surface area contributed by atoms with Gasteiger partial charge in [-0.3, -0.25) is 13.8 Å². The average Bonchev–Trinajstić information content (AvgIpc) is 2.92. The Bertz CT molecular complexity index is 679. The zero-order valence-electron chi connectivity index (χ0n) is 23.1. The molecule has 1 aliphatic carbocycles. The molecule has 1 aliphatic heterocycles. The molecule has 0 aromatic carbocycles. The molecule has 33 heavy (non-hydrogen) atoms. The summed E-state index contributed by atoms with van der Waals surface area (Å²) in [5.74, 6) is 5.21. The normalized spacial score (nSPS) is 19.5. The van der Waals surface area contributed by atoms with Crippen LogP contribution < -0.4 is 5.14 Å². The maximum absolute atomic E-state index is 12.0. The van der Waals surface area contributed by atoms with Crippen molar-refractivity contribution in [1.29, 1.82) is 0 Å². The number of nitrogens with zero attached hydrogens (tertiary/aromatic N) is 1. The molecule has 3 N–H and O–H groups in total. The van der Waals surface area contributed by atoms with Crippen LogP contribution in [-0.2, 0) is 29.1 Å². The predicted octanol–water partition coefficient (Wildman–Crippen LogP) is 3.55. The fourth-order valence-electron chi connectivity index (χ4n) is 2.90. The van der Waals surface area contributed by atoms with E-state index in [0.29, 0.717) is 17.7 Å². The molecular weight excluding hydrogens is 464 g/mol. The highest BCUT2D eigenvalue weighted by molar-refractivity contribution is 7.98. The summed E-state index contributed by atoms with van der Waals surface area (Å²) in [5, 5.41) is 11.2. The molecule has 0 bridgehead atoms. The number of carboxylic acid groups (broad SMARTS) is 1. The van der Waals surface area contributed by atoms with Crippen LogP contribution in [0.2, 0.25) is 0 Å². The molecule has 2 atom stereocenters. The Hall–Kier alpha value is -1.13. The van der Waals surface area contributed by atoms with Crippen LogP contribution in [0.25, 0.3) is 0 Å². The summed E-state index contributed by atoms with van der Waals surface area (Å²) in [5.41, 5.74) is 0.637. The second kappa shape index (κ2) is 17.3. The third-order valence-corrected chi connectivity index (χ3v) is 4.16. The third kappa shape index (κ3) is 28.8. The van der Waals surface area contributed by atoms with Crippen LogP contribution in [-0.4, -0.2) is 72.7 Å². The summed E-state index contributed by atoms with van der Waals surface area (Å²) in [4.78, 5) is 22.4. The first-order valence-corrected chi connectivity index (χ1v) is 15.6. The van der Waals surface area contributed by atoms with Gasteiger partial charge in [0.2, 0.25) is 15.9 Å². The average molecular weight is 517 g/mol. The number of primary sulfonamides is 1. The highest BCUT2D eigenvalue weighted by Gasteiger charge is 2.62. The van der Waals surface area contributed by atoms with Gasteiger partial charge in [0.1, 0.15) is 0 Å². The number of hydrogen-bond acceptors (Lipinski definition) is 5. The smallest absolute Gasteiger partial charge is 0.290 e. The molecule has 202 valence electrons. The Balaban J connectivity index is -0.000000194. The van der Waals surface area contributed by atoms with Gasteiger partial charge in [-0.2, -0.15) is 0 Å². The molecule has 2 unspecified atom stereocenters. The minimum atomic E-state index is -3.17. The van der Waals surface area contributed by atoms with Crippen LogP contribution in [0.5, 0.6) is 0 Å². The van der Waals surface area contributed by atoms with Crippen molar-refractivity contribution in [2.45, 2.75) is 75.2 Å². The van der Waals surface area contributed by atoms with Gasteiger partial charge in [-0.1, -0.05) is 68.7 Å². The minimum absolute atomic E-state index is 0.124. The van der Waals surface area contributed by atoms with Gasteiger partial charge in [-0.05, 0) is 38.1 Å². The molecule has 2 aliphatic rings. The molecular formula is C23H52N2O6S2. The lowest BCUT2D eigenvalue weighted by atomic mass is 9.91. The number of nitrogens with two attached hydrogens (primary N) is 1. The van der Waals surface area contributed by atoms with Crippen molar-refractivity contribution in [3.63, 3.8) is 0 Å². The highest BCUT2D eigenvalue weighted by atomic mass is 32.2. The zero-order chi connectivity index (χ0) is 27.8. The first-order chi connectivity index (χ1) is 14.5. The number of fused-ring (bicyclic) bond motifs is 1. The number of hydrogen-bond donors (Lipinski definition) is 2. The molecule has 10 heteroatoms. The summed E-state index contributed by atoms with van der Waals surface area (Å²) in [6, 6.07) is 0. The molecule has 0 spiro atoms. The lowest BCUT2D eigenvalue weighted by Crippen LogP contribution is -2.35. The standard InChI is InChI=1S/C13H23NO.C3H8OS.C3H8.C2H6.CH5NO2S.CH2O2/c1-12(2,3)6-11(15)14-7-9-10(8-14)13(9,4)5;1-5(2,3)4;1-3-2;1-2;1-5(2,3)4;2-1-3/h9-10H,6-8H2,1-5H3;1H2,2-3H3;3H2,1-2H3;1-2H3;1H3,(H2,2,3,4);1H,(H,2,3). The van der Waals surface area contributed by atoms with Crippen LogP contribution in [0.1, 0.15) is 75.2 Å².